The van der Waals surface area contributed by atoms with E-state index in [1.807, 2.05) is 30.5 Å². The van der Waals surface area contributed by atoms with Crippen LogP contribution >= 0.6 is 0 Å². The lowest BCUT2D eigenvalue weighted by Crippen LogP contribution is -2.31. The molecule has 1 fully saturated rings. The molecule has 20 heavy (non-hydrogen) atoms. The van der Waals surface area contributed by atoms with Gasteiger partial charge < -0.3 is 10.2 Å². The SMILES string of the molecule is CCCn1nc(C)c(C(=O)N2CCC(CNC)C2)c1C. The van der Waals surface area contributed by atoms with Gasteiger partial charge in [0.25, 0.3) is 5.91 Å². The molecule has 5 nitrogen and oxygen atoms in total. The van der Waals surface area contributed by atoms with Gasteiger partial charge in [-0.3, -0.25) is 9.48 Å². The zero-order valence-electron chi connectivity index (χ0n) is 13.1. The molecule has 0 radical (unpaired) electrons. The first-order chi connectivity index (χ1) is 9.58. The molecule has 1 atom stereocenters. The van der Waals surface area contributed by atoms with E-state index in [9.17, 15) is 4.79 Å². The van der Waals surface area contributed by atoms with Crippen molar-refractivity contribution in [2.45, 2.75) is 40.2 Å². The average molecular weight is 278 g/mol. The summed E-state index contributed by atoms with van der Waals surface area (Å²) in [5, 5.41) is 7.70. The molecule has 1 unspecified atom stereocenters. The number of nitrogens with zero attached hydrogens (tertiary/aromatic N) is 3. The minimum Gasteiger partial charge on any atom is -0.338 e. The molecule has 112 valence electrons. The number of aromatic nitrogens is 2. The Labute approximate surface area is 121 Å². The van der Waals surface area contributed by atoms with E-state index in [0.717, 1.165) is 56.0 Å². The minimum absolute atomic E-state index is 0.154. The van der Waals surface area contributed by atoms with Crippen molar-refractivity contribution in [2.24, 2.45) is 5.92 Å². The van der Waals surface area contributed by atoms with Gasteiger partial charge in [0.05, 0.1) is 11.3 Å². The van der Waals surface area contributed by atoms with Gasteiger partial charge in [0.1, 0.15) is 0 Å². The molecule has 1 aliphatic heterocycles. The maximum absolute atomic E-state index is 12.7. The van der Waals surface area contributed by atoms with Gasteiger partial charge in [-0.1, -0.05) is 6.92 Å². The largest absolute Gasteiger partial charge is 0.338 e. The number of hydrogen-bond donors (Lipinski definition) is 1. The standard InChI is InChI=1S/C15H26N4O/c1-5-7-19-12(3)14(11(2)17-19)15(20)18-8-6-13(10-18)9-16-4/h13,16H,5-10H2,1-4H3. The molecule has 0 bridgehead atoms. The van der Waals surface area contributed by atoms with Gasteiger partial charge >= 0.3 is 0 Å². The normalized spacial score (nSPS) is 18.8. The van der Waals surface area contributed by atoms with Crippen molar-refractivity contribution in [3.8, 4) is 0 Å². The summed E-state index contributed by atoms with van der Waals surface area (Å²) in [6.07, 6.45) is 2.12. The molecular formula is C15H26N4O. The highest BCUT2D eigenvalue weighted by Crippen LogP contribution is 2.21. The molecule has 2 heterocycles. The lowest BCUT2D eigenvalue weighted by molar-refractivity contribution is 0.0785. The summed E-state index contributed by atoms with van der Waals surface area (Å²) in [7, 11) is 1.97. The lowest BCUT2D eigenvalue weighted by atomic mass is 10.1. The van der Waals surface area contributed by atoms with Crippen LogP contribution in [0.4, 0.5) is 0 Å². The molecule has 0 spiro atoms. The fourth-order valence-electron chi connectivity index (χ4n) is 3.07. The average Bonchev–Trinajstić information content (AvgIpc) is 2.96. The van der Waals surface area contributed by atoms with E-state index in [2.05, 4.69) is 17.3 Å². The van der Waals surface area contributed by atoms with Crippen LogP contribution in [0.2, 0.25) is 0 Å². The van der Waals surface area contributed by atoms with Gasteiger partial charge in [-0.05, 0) is 46.2 Å². The number of carbonyl (C=O) groups is 1. The van der Waals surface area contributed by atoms with Crippen molar-refractivity contribution in [1.82, 2.24) is 20.0 Å². The van der Waals surface area contributed by atoms with Crippen molar-refractivity contribution in [3.63, 3.8) is 0 Å². The van der Waals surface area contributed by atoms with Crippen LogP contribution in [0.3, 0.4) is 0 Å². The lowest BCUT2D eigenvalue weighted by Gasteiger charge is -2.17. The Morgan fingerprint density at radius 3 is 2.85 bits per heavy atom. The number of aryl methyl sites for hydroxylation is 2. The Morgan fingerprint density at radius 2 is 2.20 bits per heavy atom. The van der Waals surface area contributed by atoms with Crippen LogP contribution in [-0.4, -0.2) is 47.3 Å². The zero-order valence-corrected chi connectivity index (χ0v) is 13.1. The molecule has 1 N–H and O–H groups in total. The van der Waals surface area contributed by atoms with Gasteiger partial charge in [0, 0.05) is 25.3 Å². The fraction of sp³-hybridized carbons (Fsp3) is 0.733. The molecule has 0 aliphatic carbocycles. The van der Waals surface area contributed by atoms with E-state index < -0.39 is 0 Å². The maximum Gasteiger partial charge on any atom is 0.257 e. The van der Waals surface area contributed by atoms with Crippen molar-refractivity contribution in [1.29, 1.82) is 0 Å². The number of hydrogen-bond acceptors (Lipinski definition) is 3. The molecule has 1 amide bonds. The number of nitrogens with one attached hydrogen (secondary N) is 1. The second-order valence-electron chi connectivity index (χ2n) is 5.73. The topological polar surface area (TPSA) is 50.2 Å². The van der Waals surface area contributed by atoms with Crippen LogP contribution < -0.4 is 5.32 Å². The molecule has 2 rings (SSSR count). The van der Waals surface area contributed by atoms with Gasteiger partial charge in [-0.25, -0.2) is 0 Å². The van der Waals surface area contributed by atoms with Crippen LogP contribution in [0.5, 0.6) is 0 Å². The van der Waals surface area contributed by atoms with Crippen LogP contribution in [0, 0.1) is 19.8 Å². The molecule has 1 saturated heterocycles. The quantitative estimate of drug-likeness (QED) is 0.890. The summed E-state index contributed by atoms with van der Waals surface area (Å²) in [5.74, 6) is 0.733. The summed E-state index contributed by atoms with van der Waals surface area (Å²) in [6.45, 7) is 9.65. The Balaban J connectivity index is 2.14. The molecule has 0 aromatic carbocycles. The first-order valence-corrected chi connectivity index (χ1v) is 7.56. The Kier molecular flexibility index (Phi) is 4.81. The molecule has 1 aromatic rings. The van der Waals surface area contributed by atoms with E-state index >= 15 is 0 Å². The Morgan fingerprint density at radius 1 is 1.45 bits per heavy atom. The smallest absolute Gasteiger partial charge is 0.257 e. The summed E-state index contributed by atoms with van der Waals surface area (Å²) >= 11 is 0. The van der Waals surface area contributed by atoms with E-state index in [1.54, 1.807) is 0 Å². The monoisotopic (exact) mass is 278 g/mol. The van der Waals surface area contributed by atoms with Crippen LogP contribution in [-0.2, 0) is 6.54 Å². The summed E-state index contributed by atoms with van der Waals surface area (Å²) in [6, 6.07) is 0. The zero-order chi connectivity index (χ0) is 14.7. The van der Waals surface area contributed by atoms with Gasteiger partial charge in [0.15, 0.2) is 0 Å². The third-order valence-electron chi connectivity index (χ3n) is 4.10. The van der Waals surface area contributed by atoms with Crippen molar-refractivity contribution in [3.05, 3.63) is 17.0 Å². The van der Waals surface area contributed by atoms with Crippen LogP contribution in [0.25, 0.3) is 0 Å². The predicted molar refractivity (Wildman–Crippen MR) is 79.9 cm³/mol. The van der Waals surface area contributed by atoms with E-state index in [1.165, 1.54) is 0 Å². The summed E-state index contributed by atoms with van der Waals surface area (Å²) in [4.78, 5) is 14.7. The summed E-state index contributed by atoms with van der Waals surface area (Å²) in [5.41, 5.74) is 2.67. The third kappa shape index (κ3) is 2.87. The Hall–Kier alpha value is -1.36. The molecule has 1 aromatic heterocycles. The van der Waals surface area contributed by atoms with Crippen LogP contribution in [0.15, 0.2) is 0 Å². The highest BCUT2D eigenvalue weighted by Gasteiger charge is 2.29. The van der Waals surface area contributed by atoms with Crippen molar-refractivity contribution < 1.29 is 4.79 Å². The highest BCUT2D eigenvalue weighted by atomic mass is 16.2. The van der Waals surface area contributed by atoms with Gasteiger partial charge in [-0.15, -0.1) is 0 Å². The fourth-order valence-corrected chi connectivity index (χ4v) is 3.07. The molecule has 0 saturated carbocycles. The maximum atomic E-state index is 12.7. The second kappa shape index (κ2) is 6.39. The summed E-state index contributed by atoms with van der Waals surface area (Å²) < 4.78 is 1.96. The third-order valence-corrected chi connectivity index (χ3v) is 4.10. The molecule has 1 aliphatic rings. The van der Waals surface area contributed by atoms with E-state index in [4.69, 9.17) is 0 Å². The van der Waals surface area contributed by atoms with E-state index in [-0.39, 0.29) is 5.91 Å². The number of rotatable bonds is 5. The van der Waals surface area contributed by atoms with Crippen LogP contribution in [0.1, 0.15) is 41.5 Å². The van der Waals surface area contributed by atoms with Crippen molar-refractivity contribution in [2.75, 3.05) is 26.7 Å². The van der Waals surface area contributed by atoms with E-state index in [0.29, 0.717) is 5.92 Å². The highest BCUT2D eigenvalue weighted by molar-refractivity contribution is 5.96. The van der Waals surface area contributed by atoms with Gasteiger partial charge in [0.2, 0.25) is 0 Å². The number of carbonyl (C=O) groups excluding carboxylic acids is 1. The molecule has 5 heteroatoms. The van der Waals surface area contributed by atoms with Gasteiger partial charge in [-0.2, -0.15) is 5.10 Å². The Bertz CT molecular complexity index is 480. The number of likely N-dealkylation sites (tertiary alicyclic amines) is 1. The minimum atomic E-state index is 0.154. The first kappa shape index (κ1) is 15.0. The molecular weight excluding hydrogens is 252 g/mol. The van der Waals surface area contributed by atoms with Crippen molar-refractivity contribution >= 4 is 5.91 Å². The second-order valence-corrected chi connectivity index (χ2v) is 5.73. The number of amides is 1. The predicted octanol–water partition coefficient (Wildman–Crippen LogP) is 1.59. The first-order valence-electron chi connectivity index (χ1n) is 7.56.